The largest absolute Gasteiger partial charge is 0.478 e. The number of aliphatic hydroxyl groups excluding tert-OH is 1. The molecule has 2 N–H and O–H groups in total. The first-order valence-corrected chi connectivity index (χ1v) is 8.95. The van der Waals surface area contributed by atoms with Crippen molar-refractivity contribution in [2.75, 3.05) is 32.8 Å². The van der Waals surface area contributed by atoms with Crippen LogP contribution in [-0.4, -0.2) is 64.7 Å². The number of amides is 1. The number of benzene rings is 1. The second-order valence-electron chi connectivity index (χ2n) is 7.36. The van der Waals surface area contributed by atoms with Crippen LogP contribution < -0.4 is 0 Å². The number of carboxylic acid groups (broad SMARTS) is 1. The molecule has 2 fully saturated rings. The van der Waals surface area contributed by atoms with Crippen LogP contribution in [0.2, 0.25) is 0 Å². The maximum Gasteiger partial charge on any atom is 0.335 e. The summed E-state index contributed by atoms with van der Waals surface area (Å²) in [6.07, 6.45) is 3.72. The Balaban J connectivity index is 1.64. The van der Waals surface area contributed by atoms with Gasteiger partial charge in [0.25, 0.3) is 0 Å². The van der Waals surface area contributed by atoms with E-state index in [1.165, 1.54) is 0 Å². The number of aromatic carboxylic acids is 1. The lowest BCUT2D eigenvalue weighted by molar-refractivity contribution is -0.140. The molecule has 2 aliphatic rings. The number of aliphatic hydroxyl groups is 1. The Morgan fingerprint density at radius 2 is 1.92 bits per heavy atom. The van der Waals surface area contributed by atoms with Gasteiger partial charge in [0.1, 0.15) is 0 Å². The maximum absolute atomic E-state index is 12.0. The number of nitrogens with zero attached hydrogens (tertiary/aromatic N) is 2. The van der Waals surface area contributed by atoms with E-state index in [-0.39, 0.29) is 17.9 Å². The summed E-state index contributed by atoms with van der Waals surface area (Å²) in [5.41, 5.74) is 1.55. The van der Waals surface area contributed by atoms with Crippen LogP contribution in [0.25, 0.3) is 0 Å². The molecule has 2 heterocycles. The average Bonchev–Trinajstić information content (AvgIpc) is 2.59. The third-order valence-electron chi connectivity index (χ3n) is 5.47. The smallest absolute Gasteiger partial charge is 0.335 e. The summed E-state index contributed by atoms with van der Waals surface area (Å²) < 4.78 is 0. The molecule has 0 radical (unpaired) electrons. The van der Waals surface area contributed by atoms with Crippen molar-refractivity contribution in [3.8, 4) is 0 Å². The van der Waals surface area contributed by atoms with Gasteiger partial charge in [-0.3, -0.25) is 9.69 Å². The van der Waals surface area contributed by atoms with Gasteiger partial charge >= 0.3 is 5.97 Å². The van der Waals surface area contributed by atoms with Gasteiger partial charge in [0.2, 0.25) is 5.91 Å². The van der Waals surface area contributed by atoms with Gasteiger partial charge in [0, 0.05) is 38.0 Å². The molecule has 6 nitrogen and oxygen atoms in total. The van der Waals surface area contributed by atoms with E-state index in [0.717, 1.165) is 51.0 Å². The number of carbonyl (C=O) groups excluding carboxylic acids is 1. The highest BCUT2D eigenvalue weighted by atomic mass is 16.4. The molecule has 1 spiro atoms. The normalized spacial score (nSPS) is 24.7. The molecular weight excluding hydrogens is 320 g/mol. The Kier molecular flexibility index (Phi) is 5.39. The highest BCUT2D eigenvalue weighted by Gasteiger charge is 2.41. The summed E-state index contributed by atoms with van der Waals surface area (Å²) >= 11 is 0. The minimum absolute atomic E-state index is 0.0153. The molecule has 1 aromatic carbocycles. The minimum atomic E-state index is -0.903. The van der Waals surface area contributed by atoms with E-state index in [2.05, 4.69) is 4.90 Å². The van der Waals surface area contributed by atoms with Crippen molar-refractivity contribution >= 4 is 11.9 Å². The Morgan fingerprint density at radius 1 is 1.16 bits per heavy atom. The lowest BCUT2D eigenvalue weighted by Crippen LogP contribution is -2.54. The molecule has 1 unspecified atom stereocenters. The minimum Gasteiger partial charge on any atom is -0.478 e. The Morgan fingerprint density at radius 3 is 2.60 bits per heavy atom. The third kappa shape index (κ3) is 4.19. The standard InChI is InChI=1S/C19H26N2O4/c22-11-10-21-14-19(8-6-17(21)23)7-1-9-20(13-19)12-15-2-4-16(5-3-15)18(24)25/h2-5,22H,1,6-14H2,(H,24,25). The Hall–Kier alpha value is -1.92. The number of likely N-dealkylation sites (tertiary alicyclic amines) is 2. The zero-order chi connectivity index (χ0) is 17.9. The highest BCUT2D eigenvalue weighted by molar-refractivity contribution is 5.87. The molecule has 0 aromatic heterocycles. The van der Waals surface area contributed by atoms with Gasteiger partial charge in [-0.25, -0.2) is 4.79 Å². The molecule has 1 aromatic rings. The maximum atomic E-state index is 12.0. The van der Waals surface area contributed by atoms with Crippen LogP contribution in [0.1, 0.15) is 41.6 Å². The van der Waals surface area contributed by atoms with Crippen LogP contribution in [0.5, 0.6) is 0 Å². The number of hydrogen-bond donors (Lipinski definition) is 2. The van der Waals surface area contributed by atoms with Crippen LogP contribution in [0.3, 0.4) is 0 Å². The van der Waals surface area contributed by atoms with Gasteiger partial charge < -0.3 is 15.1 Å². The Labute approximate surface area is 148 Å². The first-order chi connectivity index (χ1) is 12.0. The van der Waals surface area contributed by atoms with Crippen LogP contribution in [0, 0.1) is 5.41 Å². The number of rotatable bonds is 5. The lowest BCUT2D eigenvalue weighted by Gasteiger charge is -2.48. The summed E-state index contributed by atoms with van der Waals surface area (Å²) in [6.45, 7) is 3.95. The van der Waals surface area contributed by atoms with Crippen molar-refractivity contribution < 1.29 is 19.8 Å². The van der Waals surface area contributed by atoms with Crippen molar-refractivity contribution in [2.24, 2.45) is 5.41 Å². The first kappa shape index (κ1) is 17.9. The lowest BCUT2D eigenvalue weighted by atomic mass is 9.73. The molecule has 6 heteroatoms. The average molecular weight is 346 g/mol. The predicted molar refractivity (Wildman–Crippen MR) is 93.2 cm³/mol. The van der Waals surface area contributed by atoms with E-state index >= 15 is 0 Å². The molecule has 0 bridgehead atoms. The van der Waals surface area contributed by atoms with Crippen molar-refractivity contribution in [1.82, 2.24) is 9.80 Å². The second-order valence-corrected chi connectivity index (χ2v) is 7.36. The van der Waals surface area contributed by atoms with Crippen molar-refractivity contribution in [3.05, 3.63) is 35.4 Å². The van der Waals surface area contributed by atoms with Crippen LogP contribution in [0.4, 0.5) is 0 Å². The molecule has 2 aliphatic heterocycles. The highest BCUT2D eigenvalue weighted by Crippen LogP contribution is 2.39. The van der Waals surface area contributed by atoms with Gasteiger partial charge in [-0.1, -0.05) is 12.1 Å². The molecule has 0 saturated carbocycles. The molecule has 3 rings (SSSR count). The monoisotopic (exact) mass is 346 g/mol. The number of carboxylic acids is 1. The Bertz CT molecular complexity index is 631. The molecule has 25 heavy (non-hydrogen) atoms. The number of β-amino-alcohol motifs (C(OH)–C–C–N with tert-alkyl or cyclic N) is 1. The van der Waals surface area contributed by atoms with E-state index in [9.17, 15) is 14.7 Å². The van der Waals surface area contributed by atoms with E-state index < -0.39 is 5.97 Å². The summed E-state index contributed by atoms with van der Waals surface area (Å²) in [5, 5.41) is 18.2. The summed E-state index contributed by atoms with van der Waals surface area (Å²) in [4.78, 5) is 27.2. The number of piperidine rings is 2. The van der Waals surface area contributed by atoms with E-state index in [4.69, 9.17) is 5.11 Å². The summed E-state index contributed by atoms with van der Waals surface area (Å²) in [7, 11) is 0. The van der Waals surface area contributed by atoms with Crippen molar-refractivity contribution in [1.29, 1.82) is 0 Å². The van der Waals surface area contributed by atoms with E-state index in [1.54, 1.807) is 12.1 Å². The zero-order valence-electron chi connectivity index (χ0n) is 14.5. The third-order valence-corrected chi connectivity index (χ3v) is 5.47. The van der Waals surface area contributed by atoms with Gasteiger partial charge in [-0.05, 0) is 43.5 Å². The summed E-state index contributed by atoms with van der Waals surface area (Å²) in [5.74, 6) is -0.750. The molecule has 1 atom stereocenters. The molecule has 136 valence electrons. The molecule has 1 amide bonds. The van der Waals surface area contributed by atoms with Crippen LogP contribution in [-0.2, 0) is 11.3 Å². The van der Waals surface area contributed by atoms with Crippen LogP contribution >= 0.6 is 0 Å². The second kappa shape index (κ2) is 7.54. The molecule has 2 saturated heterocycles. The van der Waals surface area contributed by atoms with E-state index in [1.807, 2.05) is 17.0 Å². The first-order valence-electron chi connectivity index (χ1n) is 8.95. The predicted octanol–water partition coefficient (Wildman–Crippen LogP) is 1.58. The fourth-order valence-electron chi connectivity index (χ4n) is 4.22. The van der Waals surface area contributed by atoms with E-state index in [0.29, 0.717) is 18.5 Å². The van der Waals surface area contributed by atoms with Gasteiger partial charge in [0.15, 0.2) is 0 Å². The van der Waals surface area contributed by atoms with Gasteiger partial charge in [-0.2, -0.15) is 0 Å². The van der Waals surface area contributed by atoms with Crippen LogP contribution in [0.15, 0.2) is 24.3 Å². The molecular formula is C19H26N2O4. The van der Waals surface area contributed by atoms with Crippen molar-refractivity contribution in [3.63, 3.8) is 0 Å². The van der Waals surface area contributed by atoms with Crippen molar-refractivity contribution in [2.45, 2.75) is 32.2 Å². The topological polar surface area (TPSA) is 81.1 Å². The van der Waals surface area contributed by atoms with Gasteiger partial charge in [-0.15, -0.1) is 0 Å². The SMILES string of the molecule is O=C(O)c1ccc(CN2CCCC3(CCC(=O)N(CCO)C3)C2)cc1. The quantitative estimate of drug-likeness (QED) is 0.846. The number of hydrogen-bond acceptors (Lipinski definition) is 4. The van der Waals surface area contributed by atoms with Gasteiger partial charge in [0.05, 0.1) is 12.2 Å². The fraction of sp³-hybridized carbons (Fsp3) is 0.579. The molecule has 0 aliphatic carbocycles. The fourth-order valence-corrected chi connectivity index (χ4v) is 4.22. The summed E-state index contributed by atoms with van der Waals surface area (Å²) in [6, 6.07) is 7.07. The number of carbonyl (C=O) groups is 2. The zero-order valence-corrected chi connectivity index (χ0v) is 14.5.